The molecule has 0 atom stereocenters. The van der Waals surface area contributed by atoms with Gasteiger partial charge < -0.3 is 4.74 Å². The first-order valence-corrected chi connectivity index (χ1v) is 2.76. The van der Waals surface area contributed by atoms with Crippen LogP contribution in [0.5, 0.6) is 0 Å². The van der Waals surface area contributed by atoms with Crippen LogP contribution in [0, 0.1) is 5.41 Å². The molecule has 0 saturated heterocycles. The van der Waals surface area contributed by atoms with Crippen molar-refractivity contribution >= 4 is 6.47 Å². The molecule has 0 aromatic heterocycles. The Kier molecular flexibility index (Phi) is 1.24. The Labute approximate surface area is 48.8 Å². The van der Waals surface area contributed by atoms with Crippen molar-refractivity contribution in [3.63, 3.8) is 0 Å². The zero-order valence-corrected chi connectivity index (χ0v) is 4.94. The van der Waals surface area contributed by atoms with Crippen LogP contribution in [0.4, 0.5) is 0 Å². The standard InChI is InChI=1S/C6H9O2/c1-6(2-3-6)4-8-5-7/h2-4H2,1H3. The molecule has 2 nitrogen and oxygen atoms in total. The molecule has 0 amide bonds. The molecule has 0 unspecified atom stereocenters. The Morgan fingerprint density at radius 3 is 2.75 bits per heavy atom. The van der Waals surface area contributed by atoms with Crippen molar-refractivity contribution in [2.24, 2.45) is 5.41 Å². The van der Waals surface area contributed by atoms with Crippen molar-refractivity contribution in [3.05, 3.63) is 0 Å². The lowest BCUT2D eigenvalue weighted by Crippen LogP contribution is -2.03. The molecule has 0 aromatic carbocycles. The summed E-state index contributed by atoms with van der Waals surface area (Å²) < 4.78 is 4.45. The van der Waals surface area contributed by atoms with Crippen LogP contribution in [0.15, 0.2) is 0 Å². The van der Waals surface area contributed by atoms with E-state index in [-0.39, 0.29) is 0 Å². The molecule has 0 N–H and O–H groups in total. The predicted molar refractivity (Wildman–Crippen MR) is 29.0 cm³/mol. The number of carbonyl (C=O) groups excluding carboxylic acids is 1. The molecule has 2 heteroatoms. The molecule has 0 heterocycles. The van der Waals surface area contributed by atoms with Gasteiger partial charge in [0.15, 0.2) is 0 Å². The SMILES string of the molecule is CC1(CO[C]=O)CC1. The molecule has 1 radical (unpaired) electrons. The van der Waals surface area contributed by atoms with Gasteiger partial charge in [-0.1, -0.05) is 6.92 Å². The summed E-state index contributed by atoms with van der Waals surface area (Å²) in [6.07, 6.45) is 2.38. The molecule has 1 saturated carbocycles. The van der Waals surface area contributed by atoms with Crippen LogP contribution < -0.4 is 0 Å². The molecule has 0 aromatic rings. The van der Waals surface area contributed by atoms with E-state index in [0.29, 0.717) is 12.0 Å². The maximum atomic E-state index is 9.53. The molecule has 1 fully saturated rings. The minimum atomic E-state index is 0.317. The summed E-state index contributed by atoms with van der Waals surface area (Å²) in [6.45, 7) is 4.07. The summed E-state index contributed by atoms with van der Waals surface area (Å²) in [5.74, 6) is 0. The van der Waals surface area contributed by atoms with Gasteiger partial charge in [-0.2, -0.15) is 0 Å². The molecule has 0 aliphatic heterocycles. The molecular formula is C6H9O2. The Morgan fingerprint density at radius 1 is 1.75 bits per heavy atom. The van der Waals surface area contributed by atoms with Crippen molar-refractivity contribution in [1.82, 2.24) is 0 Å². The largest absolute Gasteiger partial charge is 0.457 e. The molecule has 1 rings (SSSR count). The van der Waals surface area contributed by atoms with Crippen LogP contribution >= 0.6 is 0 Å². The van der Waals surface area contributed by atoms with Crippen molar-refractivity contribution in [1.29, 1.82) is 0 Å². The van der Waals surface area contributed by atoms with E-state index in [1.54, 1.807) is 0 Å². The fourth-order valence-corrected chi connectivity index (χ4v) is 0.561. The van der Waals surface area contributed by atoms with Gasteiger partial charge in [-0.05, 0) is 12.8 Å². The van der Waals surface area contributed by atoms with E-state index < -0.39 is 0 Å². The molecule has 45 valence electrons. The van der Waals surface area contributed by atoms with Gasteiger partial charge in [-0.3, -0.25) is 0 Å². The normalized spacial score (nSPS) is 22.1. The van der Waals surface area contributed by atoms with Crippen molar-refractivity contribution in [2.75, 3.05) is 6.61 Å². The third-order valence-corrected chi connectivity index (χ3v) is 1.58. The number of rotatable bonds is 3. The highest BCUT2D eigenvalue weighted by molar-refractivity contribution is 5.38. The average Bonchev–Trinajstić information content (AvgIpc) is 2.45. The first-order chi connectivity index (χ1) is 3.77. The third-order valence-electron chi connectivity index (χ3n) is 1.58. The van der Waals surface area contributed by atoms with E-state index in [2.05, 4.69) is 11.7 Å². The molecular weight excluding hydrogens is 104 g/mol. The lowest BCUT2D eigenvalue weighted by Gasteiger charge is -2.01. The van der Waals surface area contributed by atoms with Gasteiger partial charge in [0.25, 0.3) is 0 Å². The van der Waals surface area contributed by atoms with E-state index >= 15 is 0 Å². The van der Waals surface area contributed by atoms with Gasteiger partial charge in [0, 0.05) is 5.41 Å². The number of hydrogen-bond donors (Lipinski definition) is 0. The van der Waals surface area contributed by atoms with Crippen LogP contribution in [-0.4, -0.2) is 13.1 Å². The van der Waals surface area contributed by atoms with E-state index in [1.165, 1.54) is 19.3 Å². The average molecular weight is 113 g/mol. The van der Waals surface area contributed by atoms with E-state index in [0.717, 1.165) is 0 Å². The highest BCUT2D eigenvalue weighted by Crippen LogP contribution is 2.44. The monoisotopic (exact) mass is 113 g/mol. The highest BCUT2D eigenvalue weighted by Gasteiger charge is 2.37. The number of ether oxygens (including phenoxy) is 1. The second-order valence-corrected chi connectivity index (χ2v) is 2.68. The third kappa shape index (κ3) is 1.22. The van der Waals surface area contributed by atoms with Gasteiger partial charge >= 0.3 is 6.47 Å². The molecule has 8 heavy (non-hydrogen) atoms. The minimum Gasteiger partial charge on any atom is -0.457 e. The van der Waals surface area contributed by atoms with Crippen LogP contribution in [0.1, 0.15) is 19.8 Å². The van der Waals surface area contributed by atoms with Crippen molar-refractivity contribution in [2.45, 2.75) is 19.8 Å². The lowest BCUT2D eigenvalue weighted by molar-refractivity contribution is 0.220. The van der Waals surface area contributed by atoms with Gasteiger partial charge in [-0.25, -0.2) is 4.79 Å². The first kappa shape index (κ1) is 5.60. The van der Waals surface area contributed by atoms with Crippen LogP contribution in [0.25, 0.3) is 0 Å². The molecule has 1 aliphatic rings. The van der Waals surface area contributed by atoms with Gasteiger partial charge in [0.05, 0.1) is 6.61 Å². The molecule has 0 spiro atoms. The number of hydrogen-bond acceptors (Lipinski definition) is 2. The molecule has 0 bridgehead atoms. The fraction of sp³-hybridized carbons (Fsp3) is 0.833. The Hall–Kier alpha value is -0.530. The van der Waals surface area contributed by atoms with Crippen molar-refractivity contribution < 1.29 is 9.53 Å². The topological polar surface area (TPSA) is 26.3 Å². The lowest BCUT2D eigenvalue weighted by atomic mass is 10.2. The summed E-state index contributed by atoms with van der Waals surface area (Å²) in [5, 5.41) is 0. The first-order valence-electron chi connectivity index (χ1n) is 2.76. The van der Waals surface area contributed by atoms with Crippen LogP contribution in [0.3, 0.4) is 0 Å². The van der Waals surface area contributed by atoms with E-state index in [4.69, 9.17) is 0 Å². The second-order valence-electron chi connectivity index (χ2n) is 2.68. The maximum Gasteiger partial charge on any atom is 0.417 e. The zero-order valence-electron chi connectivity index (χ0n) is 4.94. The Bertz CT molecular complexity index is 94.7. The summed E-state index contributed by atoms with van der Waals surface area (Å²) in [7, 11) is 0. The van der Waals surface area contributed by atoms with Crippen LogP contribution in [-0.2, 0) is 9.53 Å². The van der Waals surface area contributed by atoms with Gasteiger partial charge in [-0.15, -0.1) is 0 Å². The maximum absolute atomic E-state index is 9.53. The van der Waals surface area contributed by atoms with Gasteiger partial charge in [0.1, 0.15) is 0 Å². The Morgan fingerprint density at radius 2 is 2.38 bits per heavy atom. The summed E-state index contributed by atoms with van der Waals surface area (Å²) in [5.41, 5.74) is 0.317. The van der Waals surface area contributed by atoms with E-state index in [1.807, 2.05) is 0 Å². The smallest absolute Gasteiger partial charge is 0.417 e. The Balaban J connectivity index is 2.09. The minimum absolute atomic E-state index is 0.317. The summed E-state index contributed by atoms with van der Waals surface area (Å²) in [4.78, 5) is 9.53. The zero-order chi connectivity index (χ0) is 6.04. The predicted octanol–water partition coefficient (Wildman–Crippen LogP) is 0.870. The van der Waals surface area contributed by atoms with Gasteiger partial charge in [0.2, 0.25) is 0 Å². The van der Waals surface area contributed by atoms with Crippen LogP contribution in [0.2, 0.25) is 0 Å². The summed E-state index contributed by atoms with van der Waals surface area (Å²) in [6, 6.07) is 0. The summed E-state index contributed by atoms with van der Waals surface area (Å²) >= 11 is 0. The van der Waals surface area contributed by atoms with E-state index in [9.17, 15) is 4.79 Å². The second kappa shape index (κ2) is 1.77. The quantitative estimate of drug-likeness (QED) is 0.542. The highest BCUT2D eigenvalue weighted by atomic mass is 16.5. The van der Waals surface area contributed by atoms with Crippen molar-refractivity contribution in [3.8, 4) is 0 Å². The molecule has 1 aliphatic carbocycles. The fourth-order valence-electron chi connectivity index (χ4n) is 0.561.